The van der Waals surface area contributed by atoms with Gasteiger partial charge in [0, 0.05) is 11.0 Å². The molecule has 0 spiro atoms. The third kappa shape index (κ3) is 2.71. The first-order chi connectivity index (χ1) is 5.72. The van der Waals surface area contributed by atoms with Gasteiger partial charge in [0.2, 0.25) is 0 Å². The van der Waals surface area contributed by atoms with Crippen LogP contribution in [0.1, 0.15) is 4.88 Å². The van der Waals surface area contributed by atoms with Gasteiger partial charge in [-0.15, -0.1) is 23.1 Å². The molecule has 1 aromatic heterocycles. The van der Waals surface area contributed by atoms with E-state index in [0.29, 0.717) is 0 Å². The van der Waals surface area contributed by atoms with Gasteiger partial charge in [0.15, 0.2) is 0 Å². The summed E-state index contributed by atoms with van der Waals surface area (Å²) in [5, 5.41) is 8.35. The fourth-order valence-corrected chi connectivity index (χ4v) is 2.15. The lowest BCUT2D eigenvalue weighted by molar-refractivity contribution is -0.131. The van der Waals surface area contributed by atoms with Crippen LogP contribution >= 0.6 is 23.1 Å². The summed E-state index contributed by atoms with van der Waals surface area (Å²) in [6.45, 7) is 0. The van der Waals surface area contributed by atoms with Gasteiger partial charge >= 0.3 is 5.97 Å². The number of hydrogen-bond acceptors (Lipinski definition) is 3. The predicted octanol–water partition coefficient (Wildman–Crippen LogP) is 2.57. The molecule has 0 unspecified atom stereocenters. The zero-order valence-corrected chi connectivity index (χ0v) is 8.11. The Bertz CT molecular complexity index is 302. The van der Waals surface area contributed by atoms with Crippen LogP contribution in [0.4, 0.5) is 0 Å². The summed E-state index contributed by atoms with van der Waals surface area (Å²) in [6, 6.07) is 3.90. The highest BCUT2D eigenvalue weighted by molar-refractivity contribution is 8.00. The maximum Gasteiger partial charge on any atom is 0.328 e. The molecule has 0 radical (unpaired) electrons. The molecule has 1 aromatic rings. The van der Waals surface area contributed by atoms with Gasteiger partial charge in [-0.05, 0) is 24.5 Å². The van der Waals surface area contributed by atoms with Crippen molar-refractivity contribution in [3.05, 3.63) is 23.1 Å². The lowest BCUT2D eigenvalue weighted by Crippen LogP contribution is -1.84. The summed E-state index contributed by atoms with van der Waals surface area (Å²) in [7, 11) is 0. The monoisotopic (exact) mass is 200 g/mol. The number of hydrogen-bond donors (Lipinski definition) is 1. The van der Waals surface area contributed by atoms with Crippen molar-refractivity contribution >= 4 is 35.1 Å². The summed E-state index contributed by atoms with van der Waals surface area (Å²) in [5.74, 6) is -0.908. The number of carboxylic acid groups (broad SMARTS) is 1. The van der Waals surface area contributed by atoms with Crippen LogP contribution in [0.5, 0.6) is 0 Å². The molecule has 0 atom stereocenters. The molecule has 0 bridgehead atoms. The molecule has 0 aliphatic carbocycles. The Morgan fingerprint density at radius 2 is 2.42 bits per heavy atom. The van der Waals surface area contributed by atoms with Crippen LogP contribution in [0.25, 0.3) is 6.08 Å². The number of rotatable bonds is 3. The Morgan fingerprint density at radius 1 is 1.67 bits per heavy atom. The topological polar surface area (TPSA) is 37.3 Å². The van der Waals surface area contributed by atoms with Gasteiger partial charge in [-0.3, -0.25) is 0 Å². The number of thiophene rings is 1. The highest BCUT2D eigenvalue weighted by Gasteiger charge is 1.95. The summed E-state index contributed by atoms with van der Waals surface area (Å²) >= 11 is 3.25. The standard InChI is InChI=1S/C8H8O2S2/c1-11-8-5-3-6(12-8)2-4-7(9)10/h2-5H,1H3,(H,9,10)/b4-2+. The molecular formula is C8H8O2S2. The zero-order chi connectivity index (χ0) is 8.97. The largest absolute Gasteiger partial charge is 0.478 e. The second-order valence-corrected chi connectivity index (χ2v) is 4.25. The maximum absolute atomic E-state index is 10.2. The molecule has 0 aliphatic rings. The van der Waals surface area contributed by atoms with Crippen molar-refractivity contribution in [3.8, 4) is 0 Å². The van der Waals surface area contributed by atoms with Crippen LogP contribution < -0.4 is 0 Å². The molecule has 1 rings (SSSR count). The van der Waals surface area contributed by atoms with E-state index in [1.54, 1.807) is 29.2 Å². The van der Waals surface area contributed by atoms with Crippen molar-refractivity contribution < 1.29 is 9.90 Å². The Labute approximate surface area is 78.9 Å². The summed E-state index contributed by atoms with van der Waals surface area (Å²) < 4.78 is 1.19. The molecule has 0 aromatic carbocycles. The highest BCUT2D eigenvalue weighted by atomic mass is 32.2. The first kappa shape index (κ1) is 9.35. The van der Waals surface area contributed by atoms with Gasteiger partial charge in [0.1, 0.15) is 0 Å². The highest BCUT2D eigenvalue weighted by Crippen LogP contribution is 2.25. The normalized spacial score (nSPS) is 10.8. The average Bonchev–Trinajstić information content (AvgIpc) is 2.48. The molecule has 1 N–H and O–H groups in total. The van der Waals surface area contributed by atoms with Gasteiger partial charge in [-0.25, -0.2) is 4.79 Å². The van der Waals surface area contributed by atoms with Crippen molar-refractivity contribution in [2.24, 2.45) is 0 Å². The Balaban J connectivity index is 2.70. The minimum atomic E-state index is -0.908. The number of carbonyl (C=O) groups is 1. The Hall–Kier alpha value is -0.740. The minimum Gasteiger partial charge on any atom is -0.478 e. The third-order valence-electron chi connectivity index (χ3n) is 1.19. The van der Waals surface area contributed by atoms with E-state index in [9.17, 15) is 4.79 Å². The van der Waals surface area contributed by atoms with E-state index in [4.69, 9.17) is 5.11 Å². The van der Waals surface area contributed by atoms with Gasteiger partial charge in [0.05, 0.1) is 4.21 Å². The third-order valence-corrected chi connectivity index (χ3v) is 3.33. The van der Waals surface area contributed by atoms with Crippen LogP contribution in [-0.2, 0) is 4.79 Å². The smallest absolute Gasteiger partial charge is 0.328 e. The van der Waals surface area contributed by atoms with Gasteiger partial charge in [0.25, 0.3) is 0 Å². The molecule has 2 nitrogen and oxygen atoms in total. The SMILES string of the molecule is CSc1ccc(/C=C/C(=O)O)s1. The quantitative estimate of drug-likeness (QED) is 0.602. The molecule has 4 heteroatoms. The van der Waals surface area contributed by atoms with Gasteiger partial charge in [-0.2, -0.15) is 0 Å². The van der Waals surface area contributed by atoms with E-state index >= 15 is 0 Å². The average molecular weight is 200 g/mol. The maximum atomic E-state index is 10.2. The van der Waals surface area contributed by atoms with Crippen LogP contribution in [0.2, 0.25) is 0 Å². The van der Waals surface area contributed by atoms with E-state index in [0.717, 1.165) is 11.0 Å². The molecule has 0 aliphatic heterocycles. The molecule has 0 saturated carbocycles. The molecule has 0 fully saturated rings. The van der Waals surface area contributed by atoms with E-state index in [1.807, 2.05) is 18.4 Å². The van der Waals surface area contributed by atoms with Crippen molar-refractivity contribution in [3.63, 3.8) is 0 Å². The van der Waals surface area contributed by atoms with Gasteiger partial charge in [-0.1, -0.05) is 0 Å². The van der Waals surface area contributed by atoms with Crippen molar-refractivity contribution in [2.75, 3.05) is 6.26 Å². The van der Waals surface area contributed by atoms with Crippen molar-refractivity contribution in [2.45, 2.75) is 4.21 Å². The number of carboxylic acids is 1. The molecular weight excluding hydrogens is 192 g/mol. The second-order valence-electron chi connectivity index (χ2n) is 2.03. The van der Waals surface area contributed by atoms with Crippen LogP contribution in [-0.4, -0.2) is 17.3 Å². The summed E-state index contributed by atoms with van der Waals surface area (Å²) in [4.78, 5) is 11.1. The van der Waals surface area contributed by atoms with Gasteiger partial charge < -0.3 is 5.11 Å². The zero-order valence-electron chi connectivity index (χ0n) is 6.48. The Morgan fingerprint density at radius 3 is 2.92 bits per heavy atom. The van der Waals surface area contributed by atoms with E-state index in [-0.39, 0.29) is 0 Å². The molecule has 0 amide bonds. The lowest BCUT2D eigenvalue weighted by atomic mass is 10.4. The molecule has 64 valence electrons. The molecule has 12 heavy (non-hydrogen) atoms. The van der Waals surface area contributed by atoms with Crippen LogP contribution in [0.3, 0.4) is 0 Å². The van der Waals surface area contributed by atoms with Crippen LogP contribution in [0.15, 0.2) is 22.4 Å². The molecule has 1 heterocycles. The fourth-order valence-electron chi connectivity index (χ4n) is 0.687. The first-order valence-corrected chi connectivity index (χ1v) is 5.31. The van der Waals surface area contributed by atoms with Crippen molar-refractivity contribution in [1.82, 2.24) is 0 Å². The number of thioether (sulfide) groups is 1. The van der Waals surface area contributed by atoms with E-state index in [1.165, 1.54) is 4.21 Å². The minimum absolute atomic E-state index is 0.908. The number of aliphatic carboxylic acids is 1. The lowest BCUT2D eigenvalue weighted by Gasteiger charge is -1.83. The second kappa shape index (κ2) is 4.33. The fraction of sp³-hybridized carbons (Fsp3) is 0.125. The summed E-state index contributed by atoms with van der Waals surface area (Å²) in [5.41, 5.74) is 0. The first-order valence-electron chi connectivity index (χ1n) is 3.27. The van der Waals surface area contributed by atoms with Crippen molar-refractivity contribution in [1.29, 1.82) is 0 Å². The molecule has 0 saturated heterocycles. The van der Waals surface area contributed by atoms with E-state index in [2.05, 4.69) is 0 Å². The Kier molecular flexibility index (Phi) is 3.37. The van der Waals surface area contributed by atoms with Crippen LogP contribution in [0, 0.1) is 0 Å². The summed E-state index contributed by atoms with van der Waals surface area (Å²) in [6.07, 6.45) is 4.75. The van der Waals surface area contributed by atoms with E-state index < -0.39 is 5.97 Å². The predicted molar refractivity (Wildman–Crippen MR) is 52.8 cm³/mol.